The van der Waals surface area contributed by atoms with Crippen LogP contribution in [0.2, 0.25) is 0 Å². The average molecular weight is 361 g/mol. The van der Waals surface area contributed by atoms with Gasteiger partial charge in [-0.05, 0) is 48.2 Å². The molecule has 2 aliphatic rings. The second kappa shape index (κ2) is 10.5. The van der Waals surface area contributed by atoms with Crippen LogP contribution >= 0.6 is 23.5 Å². The molecular weight excluding hydrogens is 332 g/mol. The maximum atomic E-state index is 11.4. The highest BCUT2D eigenvalue weighted by Gasteiger charge is 2.39. The topological polar surface area (TPSA) is 52.6 Å². The molecule has 0 bridgehead atoms. The van der Waals surface area contributed by atoms with Crippen LogP contribution < -0.4 is 0 Å². The molecule has 0 aliphatic carbocycles. The molecule has 0 N–H and O–H groups in total. The minimum atomic E-state index is -0.0918. The smallest absolute Gasteiger partial charge is 0.306 e. The third kappa shape index (κ3) is 6.57. The number of thioether (sulfide) groups is 2. The first-order valence-electron chi connectivity index (χ1n) is 8.67. The van der Waals surface area contributed by atoms with Crippen LogP contribution in [0.3, 0.4) is 0 Å². The van der Waals surface area contributed by atoms with Gasteiger partial charge >= 0.3 is 11.9 Å². The zero-order valence-electron chi connectivity index (χ0n) is 14.0. The summed E-state index contributed by atoms with van der Waals surface area (Å²) in [6, 6.07) is 0. The number of rotatable bonds is 11. The summed E-state index contributed by atoms with van der Waals surface area (Å²) in [5, 5.41) is 0. The van der Waals surface area contributed by atoms with E-state index in [0.29, 0.717) is 32.0 Å². The predicted octanol–water partition coefficient (Wildman–Crippen LogP) is 3.39. The van der Waals surface area contributed by atoms with E-state index in [2.05, 4.69) is 6.92 Å². The van der Waals surface area contributed by atoms with Gasteiger partial charge in [-0.3, -0.25) is 9.59 Å². The number of ether oxygens (including phenoxy) is 2. The van der Waals surface area contributed by atoms with E-state index in [1.165, 1.54) is 30.1 Å². The van der Waals surface area contributed by atoms with Crippen LogP contribution in [-0.2, 0) is 19.1 Å². The molecule has 0 saturated carbocycles. The Bertz CT molecular complexity index is 363. The average Bonchev–Trinajstić information content (AvgIpc) is 3.15. The number of carbonyl (C=O) groups excluding carboxylic acids is 2. The minimum absolute atomic E-state index is 0.0918. The van der Waals surface area contributed by atoms with Gasteiger partial charge in [0, 0.05) is 11.8 Å². The summed E-state index contributed by atoms with van der Waals surface area (Å²) >= 11 is 4.03. The first-order chi connectivity index (χ1) is 11.2. The zero-order chi connectivity index (χ0) is 16.5. The SMILES string of the molecule is CCCSCCCSCCC(C1COC(=O)C1)C1COC(=O)C1. The van der Waals surface area contributed by atoms with Crippen molar-refractivity contribution in [3.05, 3.63) is 0 Å². The van der Waals surface area contributed by atoms with Crippen molar-refractivity contribution in [3.63, 3.8) is 0 Å². The highest BCUT2D eigenvalue weighted by atomic mass is 32.2. The van der Waals surface area contributed by atoms with Gasteiger partial charge in [0.15, 0.2) is 0 Å². The Labute approximate surface area is 147 Å². The first kappa shape index (κ1) is 19.0. The molecule has 0 spiro atoms. The highest BCUT2D eigenvalue weighted by molar-refractivity contribution is 8.00. The van der Waals surface area contributed by atoms with E-state index < -0.39 is 0 Å². The number of hydrogen-bond acceptors (Lipinski definition) is 6. The fourth-order valence-corrected chi connectivity index (χ4v) is 5.32. The quantitative estimate of drug-likeness (QED) is 0.416. The van der Waals surface area contributed by atoms with Gasteiger partial charge in [-0.1, -0.05) is 6.92 Å². The Morgan fingerprint density at radius 3 is 2.00 bits per heavy atom. The summed E-state index contributed by atoms with van der Waals surface area (Å²) in [7, 11) is 0. The fourth-order valence-electron chi connectivity index (χ4n) is 3.30. The van der Waals surface area contributed by atoms with Crippen LogP contribution in [0.4, 0.5) is 0 Å². The van der Waals surface area contributed by atoms with E-state index >= 15 is 0 Å². The van der Waals surface area contributed by atoms with Gasteiger partial charge in [0.2, 0.25) is 0 Å². The minimum Gasteiger partial charge on any atom is -0.465 e. The van der Waals surface area contributed by atoms with E-state index in [0.717, 1.165) is 12.2 Å². The molecule has 4 nitrogen and oxygen atoms in total. The zero-order valence-corrected chi connectivity index (χ0v) is 15.6. The van der Waals surface area contributed by atoms with Crippen molar-refractivity contribution in [3.8, 4) is 0 Å². The van der Waals surface area contributed by atoms with Gasteiger partial charge in [0.05, 0.1) is 26.1 Å². The largest absolute Gasteiger partial charge is 0.465 e. The molecule has 23 heavy (non-hydrogen) atoms. The molecule has 0 radical (unpaired) electrons. The second-order valence-electron chi connectivity index (χ2n) is 6.33. The summed E-state index contributed by atoms with van der Waals surface area (Å²) in [6.07, 6.45) is 4.58. The van der Waals surface area contributed by atoms with Gasteiger partial charge in [-0.2, -0.15) is 23.5 Å². The summed E-state index contributed by atoms with van der Waals surface area (Å²) in [6.45, 7) is 3.26. The van der Waals surface area contributed by atoms with Crippen molar-refractivity contribution in [2.75, 3.05) is 36.2 Å². The molecular formula is C17H28O4S2. The van der Waals surface area contributed by atoms with Crippen LogP contribution in [0.25, 0.3) is 0 Å². The Morgan fingerprint density at radius 1 is 0.957 bits per heavy atom. The van der Waals surface area contributed by atoms with Crippen molar-refractivity contribution < 1.29 is 19.1 Å². The lowest BCUT2D eigenvalue weighted by atomic mass is 9.79. The maximum Gasteiger partial charge on any atom is 0.306 e. The lowest BCUT2D eigenvalue weighted by molar-refractivity contribution is -0.138. The predicted molar refractivity (Wildman–Crippen MR) is 95.8 cm³/mol. The van der Waals surface area contributed by atoms with Gasteiger partial charge in [-0.25, -0.2) is 0 Å². The van der Waals surface area contributed by atoms with E-state index in [9.17, 15) is 9.59 Å². The monoisotopic (exact) mass is 360 g/mol. The van der Waals surface area contributed by atoms with Crippen molar-refractivity contribution in [1.82, 2.24) is 0 Å². The third-order valence-electron chi connectivity index (χ3n) is 4.51. The normalized spacial score (nSPS) is 25.4. The summed E-state index contributed by atoms with van der Waals surface area (Å²) < 4.78 is 10.3. The van der Waals surface area contributed by atoms with Crippen LogP contribution in [0.5, 0.6) is 0 Å². The summed E-state index contributed by atoms with van der Waals surface area (Å²) in [4.78, 5) is 22.8. The second-order valence-corrected chi connectivity index (χ2v) is 8.77. The first-order valence-corrected chi connectivity index (χ1v) is 11.0. The molecule has 2 heterocycles. The molecule has 2 atom stereocenters. The number of hydrogen-bond donors (Lipinski definition) is 0. The van der Waals surface area contributed by atoms with Gasteiger partial charge in [0.25, 0.3) is 0 Å². The summed E-state index contributed by atoms with van der Waals surface area (Å²) in [5.74, 6) is 5.53. The fraction of sp³-hybridized carbons (Fsp3) is 0.882. The Morgan fingerprint density at radius 2 is 1.52 bits per heavy atom. The molecule has 2 aliphatic heterocycles. The summed E-state index contributed by atoms with van der Waals surface area (Å²) in [5.41, 5.74) is 0. The molecule has 0 aromatic carbocycles. The Balaban J connectivity index is 1.68. The van der Waals surface area contributed by atoms with E-state index in [1.807, 2.05) is 23.5 Å². The van der Waals surface area contributed by atoms with Crippen LogP contribution in [0.1, 0.15) is 39.0 Å². The highest BCUT2D eigenvalue weighted by Crippen LogP contribution is 2.36. The van der Waals surface area contributed by atoms with Crippen LogP contribution in [0, 0.1) is 17.8 Å². The van der Waals surface area contributed by atoms with E-state index in [4.69, 9.17) is 9.47 Å². The van der Waals surface area contributed by atoms with Crippen molar-refractivity contribution in [1.29, 1.82) is 0 Å². The van der Waals surface area contributed by atoms with Crippen LogP contribution in [0.15, 0.2) is 0 Å². The third-order valence-corrected chi connectivity index (χ3v) is 6.88. The van der Waals surface area contributed by atoms with E-state index in [-0.39, 0.29) is 23.8 Å². The number of carbonyl (C=O) groups is 2. The molecule has 132 valence electrons. The lowest BCUT2D eigenvalue weighted by Crippen LogP contribution is -2.25. The standard InChI is InChI=1S/C17H28O4S2/c1-2-5-22-6-3-7-23-8-4-15(13-9-16(18)20-11-13)14-10-17(19)21-12-14/h13-15H,2-12H2,1H3. The molecule has 2 unspecified atom stereocenters. The van der Waals surface area contributed by atoms with Crippen molar-refractivity contribution in [2.24, 2.45) is 17.8 Å². The molecule has 0 amide bonds. The van der Waals surface area contributed by atoms with Crippen molar-refractivity contribution in [2.45, 2.75) is 39.0 Å². The Hall–Kier alpha value is -0.360. The molecule has 2 saturated heterocycles. The lowest BCUT2D eigenvalue weighted by Gasteiger charge is -2.25. The molecule has 2 rings (SSSR count). The van der Waals surface area contributed by atoms with Crippen molar-refractivity contribution >= 4 is 35.5 Å². The Kier molecular flexibility index (Phi) is 8.66. The molecule has 6 heteroatoms. The molecule has 2 fully saturated rings. The van der Waals surface area contributed by atoms with Gasteiger partial charge < -0.3 is 9.47 Å². The molecule has 0 aromatic heterocycles. The molecule has 0 aromatic rings. The van der Waals surface area contributed by atoms with Gasteiger partial charge in [0.1, 0.15) is 0 Å². The maximum absolute atomic E-state index is 11.4. The van der Waals surface area contributed by atoms with Gasteiger partial charge in [-0.15, -0.1) is 0 Å². The van der Waals surface area contributed by atoms with E-state index in [1.54, 1.807) is 0 Å². The van der Waals surface area contributed by atoms with Crippen LogP contribution in [-0.4, -0.2) is 48.2 Å². The number of esters is 2. The number of cyclic esters (lactones) is 2.